The quantitative estimate of drug-likeness (QED) is 0.504. The zero-order valence-corrected chi connectivity index (χ0v) is 16.0. The second-order valence-corrected chi connectivity index (χ2v) is 7.24. The average Bonchev–Trinajstić information content (AvgIpc) is 3.01. The van der Waals surface area contributed by atoms with E-state index in [-0.39, 0.29) is 22.3 Å². The summed E-state index contributed by atoms with van der Waals surface area (Å²) in [5, 5.41) is 13.9. The van der Waals surface area contributed by atoms with Gasteiger partial charge in [0.1, 0.15) is 5.76 Å². The van der Waals surface area contributed by atoms with Gasteiger partial charge in [-0.15, -0.1) is 0 Å². The molecule has 0 amide bonds. The molecule has 0 unspecified atom stereocenters. The molecule has 1 aromatic heterocycles. The Morgan fingerprint density at radius 1 is 0.677 bits per heavy atom. The first kappa shape index (κ1) is 18.6. The summed E-state index contributed by atoms with van der Waals surface area (Å²) < 4.78 is 0. The minimum Gasteiger partial charge on any atom is -0.507 e. The van der Waals surface area contributed by atoms with E-state index in [1.54, 1.807) is 24.3 Å². The smallest absolute Gasteiger partial charge is 0.236 e. The maximum absolute atomic E-state index is 13.6. The van der Waals surface area contributed by atoms with Gasteiger partial charge in [-0.3, -0.25) is 24.2 Å². The average molecular weight is 410 g/mol. The normalized spacial score (nSPS) is 16.9. The number of pyridine rings is 1. The summed E-state index contributed by atoms with van der Waals surface area (Å²) in [6, 6.07) is 15.2. The number of nitrogens with one attached hydrogen (secondary N) is 1. The summed E-state index contributed by atoms with van der Waals surface area (Å²) in [5.74, 6) is -4.00. The highest BCUT2D eigenvalue weighted by Crippen LogP contribution is 2.43. The van der Waals surface area contributed by atoms with E-state index in [0.717, 1.165) is 0 Å². The molecule has 2 aliphatic carbocycles. The van der Waals surface area contributed by atoms with Crippen LogP contribution in [0.15, 0.2) is 78.6 Å². The highest BCUT2D eigenvalue weighted by Gasteiger charge is 2.60. The van der Waals surface area contributed by atoms with Gasteiger partial charge in [-0.05, 0) is 12.1 Å². The Labute approximate surface area is 176 Å². The van der Waals surface area contributed by atoms with E-state index in [0.29, 0.717) is 5.69 Å². The standard InChI is InChI=1S/C24H14N2O5/c27-19-14-5-1-2-6-15(14)20(28)21(29)18(19)24(26-13-9-11-25-12-10-13)22(30)16-7-3-4-8-17(16)23(24)31/h1-12,27H,(H,25,26). The van der Waals surface area contributed by atoms with Crippen LogP contribution >= 0.6 is 0 Å². The predicted octanol–water partition coefficient (Wildman–Crippen LogP) is 3.05. The molecule has 2 aliphatic rings. The molecule has 0 fully saturated rings. The van der Waals surface area contributed by atoms with Gasteiger partial charge in [-0.2, -0.15) is 0 Å². The number of aliphatic hydroxyl groups excluding tert-OH is 1. The molecule has 7 nitrogen and oxygen atoms in total. The number of fused-ring (bicyclic) bond motifs is 2. The number of Topliss-reactive ketones (excluding diaryl/α,β-unsaturated/α-hetero) is 4. The Morgan fingerprint density at radius 2 is 1.19 bits per heavy atom. The van der Waals surface area contributed by atoms with Gasteiger partial charge in [0.15, 0.2) is 5.54 Å². The minimum absolute atomic E-state index is 0.0169. The summed E-state index contributed by atoms with van der Waals surface area (Å²) in [5.41, 5.74) is -2.21. The SMILES string of the molecule is O=C1C(=O)c2ccccc2C(O)=C1C1(Nc2ccncc2)C(=O)c2ccccc2C1=O. The van der Waals surface area contributed by atoms with E-state index in [1.165, 1.54) is 48.8 Å². The van der Waals surface area contributed by atoms with E-state index in [2.05, 4.69) is 10.3 Å². The van der Waals surface area contributed by atoms with Crippen molar-refractivity contribution >= 4 is 34.6 Å². The number of aliphatic hydroxyl groups is 1. The Hall–Kier alpha value is -4.39. The third-order valence-corrected chi connectivity index (χ3v) is 5.58. The number of aromatic nitrogens is 1. The number of benzene rings is 2. The van der Waals surface area contributed by atoms with Crippen molar-refractivity contribution in [3.63, 3.8) is 0 Å². The largest absolute Gasteiger partial charge is 0.507 e. The van der Waals surface area contributed by atoms with Crippen LogP contribution in [0.3, 0.4) is 0 Å². The lowest BCUT2D eigenvalue weighted by Gasteiger charge is -2.32. The van der Waals surface area contributed by atoms with Crippen LogP contribution in [0.25, 0.3) is 5.76 Å². The first-order chi connectivity index (χ1) is 15.0. The number of carbonyl (C=O) groups excluding carboxylic acids is 4. The molecule has 31 heavy (non-hydrogen) atoms. The zero-order chi connectivity index (χ0) is 21.8. The van der Waals surface area contributed by atoms with Gasteiger partial charge in [0.25, 0.3) is 0 Å². The molecule has 0 saturated heterocycles. The number of carbonyl (C=O) groups is 4. The fourth-order valence-electron chi connectivity index (χ4n) is 4.15. The van der Waals surface area contributed by atoms with Crippen LogP contribution in [0.5, 0.6) is 0 Å². The van der Waals surface area contributed by atoms with E-state index < -0.39 is 40.0 Å². The molecule has 0 saturated carbocycles. The second kappa shape index (κ2) is 6.56. The molecule has 0 atom stereocenters. The molecule has 0 bridgehead atoms. The van der Waals surface area contributed by atoms with Crippen LogP contribution in [-0.4, -0.2) is 38.8 Å². The first-order valence-electron chi connectivity index (χ1n) is 9.46. The van der Waals surface area contributed by atoms with E-state index >= 15 is 0 Å². The Morgan fingerprint density at radius 3 is 1.77 bits per heavy atom. The Balaban J connectivity index is 1.83. The number of ketones is 4. The number of hydrogen-bond donors (Lipinski definition) is 2. The van der Waals surface area contributed by atoms with E-state index in [1.807, 2.05) is 0 Å². The van der Waals surface area contributed by atoms with Gasteiger partial charge >= 0.3 is 0 Å². The van der Waals surface area contributed by atoms with Gasteiger partial charge < -0.3 is 10.4 Å². The molecule has 150 valence electrons. The monoisotopic (exact) mass is 410 g/mol. The topological polar surface area (TPSA) is 113 Å². The summed E-state index contributed by atoms with van der Waals surface area (Å²) in [6.07, 6.45) is 2.90. The third kappa shape index (κ3) is 2.43. The number of hydrogen-bond acceptors (Lipinski definition) is 7. The van der Waals surface area contributed by atoms with E-state index in [9.17, 15) is 24.3 Å². The van der Waals surface area contributed by atoms with Crippen LogP contribution in [-0.2, 0) is 4.79 Å². The van der Waals surface area contributed by atoms with Crippen LogP contribution in [0.2, 0.25) is 0 Å². The van der Waals surface area contributed by atoms with Gasteiger partial charge in [-0.1, -0.05) is 48.5 Å². The van der Waals surface area contributed by atoms with Crippen molar-refractivity contribution < 1.29 is 24.3 Å². The number of nitrogens with zero attached hydrogens (tertiary/aromatic N) is 1. The molecular formula is C24H14N2O5. The maximum Gasteiger partial charge on any atom is 0.236 e. The maximum atomic E-state index is 13.6. The fraction of sp³-hybridized carbons (Fsp3) is 0.0417. The minimum atomic E-state index is -2.28. The van der Waals surface area contributed by atoms with Gasteiger partial charge in [0.2, 0.25) is 23.1 Å². The Kier molecular flexibility index (Phi) is 3.94. The van der Waals surface area contributed by atoms with Crippen molar-refractivity contribution in [2.24, 2.45) is 0 Å². The van der Waals surface area contributed by atoms with E-state index in [4.69, 9.17) is 0 Å². The molecular weight excluding hydrogens is 396 g/mol. The molecule has 7 heteroatoms. The second-order valence-electron chi connectivity index (χ2n) is 7.24. The lowest BCUT2D eigenvalue weighted by atomic mass is 9.75. The van der Waals surface area contributed by atoms with Crippen molar-refractivity contribution in [1.29, 1.82) is 0 Å². The van der Waals surface area contributed by atoms with Gasteiger partial charge in [0, 0.05) is 40.3 Å². The highest BCUT2D eigenvalue weighted by atomic mass is 16.3. The van der Waals surface area contributed by atoms with Crippen molar-refractivity contribution in [1.82, 2.24) is 4.98 Å². The molecule has 2 N–H and O–H groups in total. The third-order valence-electron chi connectivity index (χ3n) is 5.58. The lowest BCUT2D eigenvalue weighted by molar-refractivity contribution is -0.112. The fourth-order valence-corrected chi connectivity index (χ4v) is 4.15. The van der Waals surface area contributed by atoms with Crippen LogP contribution in [0, 0.1) is 0 Å². The highest BCUT2D eigenvalue weighted by molar-refractivity contribution is 6.56. The van der Waals surface area contributed by atoms with Crippen molar-refractivity contribution in [3.8, 4) is 0 Å². The summed E-state index contributed by atoms with van der Waals surface area (Å²) in [7, 11) is 0. The van der Waals surface area contributed by atoms with Gasteiger partial charge in [-0.25, -0.2) is 0 Å². The summed E-state index contributed by atoms with van der Waals surface area (Å²) in [4.78, 5) is 57.2. The molecule has 3 aromatic rings. The molecule has 5 rings (SSSR count). The van der Waals surface area contributed by atoms with Crippen LogP contribution in [0.4, 0.5) is 5.69 Å². The molecule has 0 spiro atoms. The van der Waals surface area contributed by atoms with Crippen molar-refractivity contribution in [2.45, 2.75) is 5.54 Å². The summed E-state index contributed by atoms with van der Waals surface area (Å²) >= 11 is 0. The van der Waals surface area contributed by atoms with Crippen molar-refractivity contribution in [3.05, 3.63) is 101 Å². The first-order valence-corrected chi connectivity index (χ1v) is 9.46. The molecule has 0 radical (unpaired) electrons. The van der Waals surface area contributed by atoms with Crippen molar-refractivity contribution in [2.75, 3.05) is 5.32 Å². The van der Waals surface area contributed by atoms with Crippen LogP contribution in [0.1, 0.15) is 36.6 Å². The zero-order valence-electron chi connectivity index (χ0n) is 16.0. The predicted molar refractivity (Wildman–Crippen MR) is 111 cm³/mol. The van der Waals surface area contributed by atoms with Gasteiger partial charge in [0.05, 0.1) is 5.57 Å². The molecule has 2 aromatic carbocycles. The number of anilines is 1. The lowest BCUT2D eigenvalue weighted by Crippen LogP contribution is -2.54. The summed E-state index contributed by atoms with van der Waals surface area (Å²) in [6.45, 7) is 0. The number of rotatable bonds is 3. The Bertz CT molecular complexity index is 1310. The van der Waals surface area contributed by atoms with Crippen LogP contribution < -0.4 is 5.32 Å². The molecule has 0 aliphatic heterocycles. The molecule has 1 heterocycles.